The zero-order valence-electron chi connectivity index (χ0n) is 11.0. The van der Waals surface area contributed by atoms with E-state index in [1.165, 1.54) is 0 Å². The van der Waals surface area contributed by atoms with Gasteiger partial charge in [0, 0.05) is 5.69 Å². The Labute approximate surface area is 107 Å². The number of nitrogens with one attached hydrogen (secondary N) is 2. The highest BCUT2D eigenvalue weighted by Gasteiger charge is 2.07. The fourth-order valence-electron chi connectivity index (χ4n) is 1.48. The smallest absolute Gasteiger partial charge is 0.319 e. The van der Waals surface area contributed by atoms with Gasteiger partial charge in [-0.2, -0.15) is 0 Å². The molecule has 0 fully saturated rings. The molecule has 1 rings (SSSR count). The number of carbonyl (C=O) groups excluding carboxylic acids is 1. The zero-order chi connectivity index (χ0) is 13.5. The van der Waals surface area contributed by atoms with Gasteiger partial charge in [-0.05, 0) is 44.5 Å². The molecule has 0 saturated carbocycles. The van der Waals surface area contributed by atoms with Crippen molar-refractivity contribution in [3.63, 3.8) is 0 Å². The molecule has 0 saturated heterocycles. The molecule has 1 aromatic carbocycles. The average Bonchev–Trinajstić information content (AvgIpc) is 2.32. The van der Waals surface area contributed by atoms with E-state index in [-0.39, 0.29) is 18.7 Å². The van der Waals surface area contributed by atoms with Gasteiger partial charge in [0.05, 0.1) is 19.3 Å². The number of benzene rings is 1. The number of hydrogen-bond acceptors (Lipinski definition) is 3. The first-order chi connectivity index (χ1) is 8.56. The van der Waals surface area contributed by atoms with Crippen molar-refractivity contribution in [2.24, 2.45) is 0 Å². The first-order valence-corrected chi connectivity index (χ1v) is 5.98. The third kappa shape index (κ3) is 4.25. The average molecular weight is 252 g/mol. The van der Waals surface area contributed by atoms with Gasteiger partial charge in [0.2, 0.25) is 0 Å². The first-order valence-electron chi connectivity index (χ1n) is 5.98. The molecule has 18 heavy (non-hydrogen) atoms. The first kappa shape index (κ1) is 14.3. The van der Waals surface area contributed by atoms with Crippen LogP contribution in [0.4, 0.5) is 10.5 Å². The molecule has 0 aliphatic rings. The number of aryl methyl sites for hydroxylation is 1. The van der Waals surface area contributed by atoms with Crippen LogP contribution in [0.5, 0.6) is 5.75 Å². The molecule has 3 N–H and O–H groups in total. The monoisotopic (exact) mass is 252 g/mol. The summed E-state index contributed by atoms with van der Waals surface area (Å²) in [6.45, 7) is 6.10. The molecule has 0 aliphatic carbocycles. The highest BCUT2D eigenvalue weighted by atomic mass is 16.5. The van der Waals surface area contributed by atoms with Crippen molar-refractivity contribution in [3.05, 3.63) is 23.8 Å². The zero-order valence-corrected chi connectivity index (χ0v) is 11.0. The van der Waals surface area contributed by atoms with Crippen LogP contribution in [0.2, 0.25) is 0 Å². The van der Waals surface area contributed by atoms with Gasteiger partial charge in [-0.1, -0.05) is 0 Å². The Morgan fingerprint density at radius 1 is 1.50 bits per heavy atom. The number of hydrogen-bond donors (Lipinski definition) is 3. The number of amides is 2. The molecule has 1 unspecified atom stereocenters. The predicted molar refractivity (Wildman–Crippen MR) is 71.1 cm³/mol. The molecule has 0 aromatic heterocycles. The Morgan fingerprint density at radius 2 is 2.22 bits per heavy atom. The quantitative estimate of drug-likeness (QED) is 0.749. The Hall–Kier alpha value is -1.75. The molecule has 0 spiro atoms. The molecular formula is C13H20N2O3. The molecule has 0 radical (unpaired) electrons. The molecule has 2 amide bonds. The minimum absolute atomic E-state index is 0.0876. The maximum absolute atomic E-state index is 11.5. The SMILES string of the molecule is CCOc1ccc(NC(=O)NC(C)CO)cc1C. The lowest BCUT2D eigenvalue weighted by Crippen LogP contribution is -2.38. The molecule has 0 bridgehead atoms. The van der Waals surface area contributed by atoms with Gasteiger partial charge < -0.3 is 20.5 Å². The lowest BCUT2D eigenvalue weighted by Gasteiger charge is -2.13. The highest BCUT2D eigenvalue weighted by Crippen LogP contribution is 2.21. The Balaban J connectivity index is 2.63. The number of rotatable bonds is 5. The Morgan fingerprint density at radius 3 is 2.78 bits per heavy atom. The van der Waals surface area contributed by atoms with E-state index < -0.39 is 0 Å². The number of carbonyl (C=O) groups is 1. The van der Waals surface area contributed by atoms with Crippen molar-refractivity contribution in [2.75, 3.05) is 18.5 Å². The Bertz CT molecular complexity index is 407. The second-order valence-electron chi connectivity index (χ2n) is 4.10. The van der Waals surface area contributed by atoms with Gasteiger partial charge in [-0.25, -0.2) is 4.79 Å². The topological polar surface area (TPSA) is 70.6 Å². The third-order valence-electron chi connectivity index (χ3n) is 2.38. The fraction of sp³-hybridized carbons (Fsp3) is 0.462. The predicted octanol–water partition coefficient (Wildman–Crippen LogP) is 1.90. The van der Waals surface area contributed by atoms with E-state index in [2.05, 4.69) is 10.6 Å². The van der Waals surface area contributed by atoms with Crippen molar-refractivity contribution in [1.29, 1.82) is 0 Å². The van der Waals surface area contributed by atoms with Gasteiger partial charge in [0.25, 0.3) is 0 Å². The summed E-state index contributed by atoms with van der Waals surface area (Å²) in [5.41, 5.74) is 1.66. The highest BCUT2D eigenvalue weighted by molar-refractivity contribution is 5.89. The van der Waals surface area contributed by atoms with Gasteiger partial charge in [-0.3, -0.25) is 0 Å². The van der Waals surface area contributed by atoms with E-state index in [1.54, 1.807) is 13.0 Å². The number of anilines is 1. The van der Waals surface area contributed by atoms with E-state index in [0.717, 1.165) is 11.3 Å². The largest absolute Gasteiger partial charge is 0.494 e. The number of ether oxygens (including phenoxy) is 1. The summed E-state index contributed by atoms with van der Waals surface area (Å²) < 4.78 is 5.42. The summed E-state index contributed by atoms with van der Waals surface area (Å²) in [5, 5.41) is 14.1. The van der Waals surface area contributed by atoms with Crippen LogP contribution in [0.1, 0.15) is 19.4 Å². The summed E-state index contributed by atoms with van der Waals surface area (Å²) in [5.74, 6) is 0.812. The summed E-state index contributed by atoms with van der Waals surface area (Å²) in [4.78, 5) is 11.5. The molecule has 5 heteroatoms. The fourth-order valence-corrected chi connectivity index (χ4v) is 1.48. The van der Waals surface area contributed by atoms with E-state index in [0.29, 0.717) is 12.3 Å². The second-order valence-corrected chi connectivity index (χ2v) is 4.10. The van der Waals surface area contributed by atoms with Crippen LogP contribution < -0.4 is 15.4 Å². The third-order valence-corrected chi connectivity index (χ3v) is 2.38. The van der Waals surface area contributed by atoms with Gasteiger partial charge >= 0.3 is 6.03 Å². The van der Waals surface area contributed by atoms with E-state index in [4.69, 9.17) is 9.84 Å². The van der Waals surface area contributed by atoms with Crippen LogP contribution in [0.25, 0.3) is 0 Å². The van der Waals surface area contributed by atoms with Crippen LogP contribution in [0, 0.1) is 6.92 Å². The number of aliphatic hydroxyl groups excluding tert-OH is 1. The minimum atomic E-state index is -0.333. The van der Waals surface area contributed by atoms with E-state index >= 15 is 0 Å². The normalized spacial score (nSPS) is 11.8. The lowest BCUT2D eigenvalue weighted by molar-refractivity contribution is 0.229. The molecule has 1 atom stereocenters. The second kappa shape index (κ2) is 6.86. The Kier molecular flexibility index (Phi) is 5.45. The van der Waals surface area contributed by atoms with E-state index in [9.17, 15) is 4.79 Å². The minimum Gasteiger partial charge on any atom is -0.494 e. The van der Waals surface area contributed by atoms with E-state index in [1.807, 2.05) is 26.0 Å². The molecule has 1 aromatic rings. The number of aliphatic hydroxyl groups is 1. The van der Waals surface area contributed by atoms with Crippen molar-refractivity contribution in [1.82, 2.24) is 5.32 Å². The van der Waals surface area contributed by atoms with Crippen LogP contribution in [-0.4, -0.2) is 30.4 Å². The maximum Gasteiger partial charge on any atom is 0.319 e. The van der Waals surface area contributed by atoms with Gasteiger partial charge in [-0.15, -0.1) is 0 Å². The molecular weight excluding hydrogens is 232 g/mol. The summed E-state index contributed by atoms with van der Waals surface area (Å²) in [7, 11) is 0. The molecule has 5 nitrogen and oxygen atoms in total. The lowest BCUT2D eigenvalue weighted by atomic mass is 10.2. The van der Waals surface area contributed by atoms with Crippen molar-refractivity contribution in [3.8, 4) is 5.75 Å². The van der Waals surface area contributed by atoms with Crippen molar-refractivity contribution < 1.29 is 14.6 Å². The molecule has 0 aliphatic heterocycles. The summed E-state index contributed by atoms with van der Waals surface area (Å²) in [6.07, 6.45) is 0. The molecule has 100 valence electrons. The van der Waals surface area contributed by atoms with Crippen molar-refractivity contribution in [2.45, 2.75) is 26.8 Å². The standard InChI is InChI=1S/C13H20N2O3/c1-4-18-12-6-5-11(7-9(12)2)15-13(17)14-10(3)8-16/h5-7,10,16H,4,8H2,1-3H3,(H2,14,15,17). The van der Waals surface area contributed by atoms with Crippen LogP contribution >= 0.6 is 0 Å². The van der Waals surface area contributed by atoms with Gasteiger partial charge in [0.15, 0.2) is 0 Å². The van der Waals surface area contributed by atoms with Gasteiger partial charge in [0.1, 0.15) is 5.75 Å². The summed E-state index contributed by atoms with van der Waals surface area (Å²) in [6, 6.07) is 4.84. The van der Waals surface area contributed by atoms with Crippen molar-refractivity contribution >= 4 is 11.7 Å². The molecule has 0 heterocycles. The number of urea groups is 1. The van der Waals surface area contributed by atoms with Crippen LogP contribution in [-0.2, 0) is 0 Å². The maximum atomic E-state index is 11.5. The summed E-state index contributed by atoms with van der Waals surface area (Å²) >= 11 is 0. The van der Waals surface area contributed by atoms with Crippen LogP contribution in [0.15, 0.2) is 18.2 Å². The van der Waals surface area contributed by atoms with Crippen LogP contribution in [0.3, 0.4) is 0 Å².